The summed E-state index contributed by atoms with van der Waals surface area (Å²) in [7, 11) is 0. The minimum absolute atomic E-state index is 0.508. The van der Waals surface area contributed by atoms with Crippen LogP contribution in [0.3, 0.4) is 0 Å². The lowest BCUT2D eigenvalue weighted by atomic mass is 10.2. The lowest BCUT2D eigenvalue weighted by Crippen LogP contribution is -2.09. The van der Waals surface area contributed by atoms with Crippen molar-refractivity contribution >= 4 is 17.3 Å². The number of benzene rings is 3. The fourth-order valence-corrected chi connectivity index (χ4v) is 2.63. The molecule has 3 rings (SSSR count). The first kappa shape index (κ1) is 18.2. The van der Waals surface area contributed by atoms with E-state index >= 15 is 0 Å². The van der Waals surface area contributed by atoms with E-state index in [9.17, 15) is 0 Å². The predicted molar refractivity (Wildman–Crippen MR) is 107 cm³/mol. The first-order valence-corrected chi connectivity index (χ1v) is 8.98. The maximum absolute atomic E-state index is 6.15. The van der Waals surface area contributed by atoms with Crippen LogP contribution in [-0.4, -0.2) is 13.2 Å². The highest BCUT2D eigenvalue weighted by Gasteiger charge is 2.00. The number of halogens is 1. The van der Waals surface area contributed by atoms with Gasteiger partial charge in [0.05, 0.1) is 0 Å². The second-order valence-electron chi connectivity index (χ2n) is 5.97. The molecule has 0 atom stereocenters. The summed E-state index contributed by atoms with van der Waals surface area (Å²) >= 11 is 6.15. The van der Waals surface area contributed by atoms with Gasteiger partial charge in [0.15, 0.2) is 0 Å². The third-order valence-electron chi connectivity index (χ3n) is 3.96. The molecule has 26 heavy (non-hydrogen) atoms. The van der Waals surface area contributed by atoms with Crippen LogP contribution in [0.5, 0.6) is 11.5 Å². The fourth-order valence-electron chi connectivity index (χ4n) is 2.45. The highest BCUT2D eigenvalue weighted by molar-refractivity contribution is 6.31. The van der Waals surface area contributed by atoms with Crippen LogP contribution >= 0.6 is 11.6 Å². The van der Waals surface area contributed by atoms with Crippen LogP contribution in [0.15, 0.2) is 72.8 Å². The number of hydrogen-bond acceptors (Lipinski definition) is 3. The summed E-state index contributed by atoms with van der Waals surface area (Å²) in [4.78, 5) is 0. The highest BCUT2D eigenvalue weighted by Crippen LogP contribution is 2.21. The molecule has 0 fully saturated rings. The molecule has 3 nitrogen and oxygen atoms in total. The second kappa shape index (κ2) is 9.16. The number of hydrogen-bond donors (Lipinski definition) is 1. The summed E-state index contributed by atoms with van der Waals surface area (Å²) in [5.74, 6) is 1.69. The van der Waals surface area contributed by atoms with E-state index in [1.54, 1.807) is 0 Å². The topological polar surface area (TPSA) is 30.5 Å². The molecule has 0 heterocycles. The zero-order valence-electron chi connectivity index (χ0n) is 14.7. The Morgan fingerprint density at radius 2 is 1.46 bits per heavy atom. The Hall–Kier alpha value is -2.65. The lowest BCUT2D eigenvalue weighted by molar-refractivity contribution is 0.217. The first-order chi connectivity index (χ1) is 12.7. The van der Waals surface area contributed by atoms with Crippen molar-refractivity contribution in [3.8, 4) is 11.5 Å². The van der Waals surface area contributed by atoms with E-state index in [0.29, 0.717) is 13.2 Å². The molecule has 0 amide bonds. The van der Waals surface area contributed by atoms with Crippen LogP contribution in [0.1, 0.15) is 11.1 Å². The van der Waals surface area contributed by atoms with Crippen LogP contribution in [0, 0.1) is 6.92 Å². The molecular formula is C22H22ClNO2. The Bertz CT molecular complexity index is 819. The van der Waals surface area contributed by atoms with E-state index in [2.05, 4.69) is 17.4 Å². The van der Waals surface area contributed by atoms with Gasteiger partial charge >= 0.3 is 0 Å². The molecule has 3 aromatic carbocycles. The van der Waals surface area contributed by atoms with Crippen LogP contribution in [0.25, 0.3) is 0 Å². The smallest absolute Gasteiger partial charge is 0.122 e. The normalized spacial score (nSPS) is 10.4. The highest BCUT2D eigenvalue weighted by atomic mass is 35.5. The maximum Gasteiger partial charge on any atom is 0.122 e. The van der Waals surface area contributed by atoms with Gasteiger partial charge in [-0.15, -0.1) is 0 Å². The van der Waals surface area contributed by atoms with Gasteiger partial charge in [-0.2, -0.15) is 0 Å². The third-order valence-corrected chi connectivity index (χ3v) is 4.36. The standard InChI is InChI=1S/C22H22ClNO2/c1-17-7-10-19(15-22(17)23)24-16-18-8-11-21(12-9-18)26-14-13-25-20-5-3-2-4-6-20/h2-12,15,24H,13-14,16H2,1H3. The quantitative estimate of drug-likeness (QED) is 0.516. The molecule has 1 N–H and O–H groups in total. The summed E-state index contributed by atoms with van der Waals surface area (Å²) in [6, 6.07) is 23.8. The fraction of sp³-hybridized carbons (Fsp3) is 0.182. The Labute approximate surface area is 159 Å². The molecule has 0 unspecified atom stereocenters. The molecule has 0 aliphatic rings. The van der Waals surface area contributed by atoms with Crippen molar-refractivity contribution in [2.45, 2.75) is 13.5 Å². The van der Waals surface area contributed by atoms with E-state index in [4.69, 9.17) is 21.1 Å². The van der Waals surface area contributed by atoms with E-state index in [-0.39, 0.29) is 0 Å². The average Bonchev–Trinajstić information content (AvgIpc) is 2.68. The largest absolute Gasteiger partial charge is 0.490 e. The minimum atomic E-state index is 0.508. The minimum Gasteiger partial charge on any atom is -0.490 e. The summed E-state index contributed by atoms with van der Waals surface area (Å²) in [5.41, 5.74) is 3.27. The molecule has 0 bridgehead atoms. The number of nitrogens with one attached hydrogen (secondary N) is 1. The van der Waals surface area contributed by atoms with Crippen molar-refractivity contribution in [2.75, 3.05) is 18.5 Å². The molecule has 0 spiro atoms. The molecule has 0 aliphatic heterocycles. The monoisotopic (exact) mass is 367 g/mol. The van der Waals surface area contributed by atoms with Crippen LogP contribution in [0.4, 0.5) is 5.69 Å². The first-order valence-electron chi connectivity index (χ1n) is 8.60. The summed E-state index contributed by atoms with van der Waals surface area (Å²) in [6.07, 6.45) is 0. The number of aryl methyl sites for hydroxylation is 1. The molecule has 0 saturated heterocycles. The average molecular weight is 368 g/mol. The number of para-hydroxylation sites is 1. The Morgan fingerprint density at radius 1 is 0.808 bits per heavy atom. The second-order valence-corrected chi connectivity index (χ2v) is 6.38. The van der Waals surface area contributed by atoms with Crippen LogP contribution in [-0.2, 0) is 6.54 Å². The van der Waals surface area contributed by atoms with Gasteiger partial charge in [-0.1, -0.05) is 48.0 Å². The summed E-state index contributed by atoms with van der Waals surface area (Å²) in [5, 5.41) is 4.15. The van der Waals surface area contributed by atoms with Gasteiger partial charge in [0.2, 0.25) is 0 Å². The summed E-state index contributed by atoms with van der Waals surface area (Å²) < 4.78 is 11.3. The number of rotatable bonds is 8. The van der Waals surface area contributed by atoms with Crippen LogP contribution < -0.4 is 14.8 Å². The Kier molecular flexibility index (Phi) is 6.39. The molecule has 0 aliphatic carbocycles. The third kappa shape index (κ3) is 5.43. The zero-order chi connectivity index (χ0) is 18.2. The Morgan fingerprint density at radius 3 is 2.12 bits per heavy atom. The number of ether oxygens (including phenoxy) is 2. The Balaban J connectivity index is 1.42. The van der Waals surface area contributed by atoms with Gasteiger partial charge in [0.1, 0.15) is 24.7 Å². The van der Waals surface area contributed by atoms with Gasteiger partial charge < -0.3 is 14.8 Å². The van der Waals surface area contributed by atoms with E-state index in [1.165, 1.54) is 5.56 Å². The molecular weight excluding hydrogens is 346 g/mol. The van der Waals surface area contributed by atoms with Crippen molar-refractivity contribution in [3.05, 3.63) is 88.9 Å². The van der Waals surface area contributed by atoms with Crippen molar-refractivity contribution < 1.29 is 9.47 Å². The van der Waals surface area contributed by atoms with Gasteiger partial charge in [0.25, 0.3) is 0 Å². The van der Waals surface area contributed by atoms with Gasteiger partial charge in [-0.05, 0) is 54.4 Å². The maximum atomic E-state index is 6.15. The molecule has 4 heteroatoms. The van der Waals surface area contributed by atoms with Crippen LogP contribution in [0.2, 0.25) is 5.02 Å². The summed E-state index contributed by atoms with van der Waals surface area (Å²) in [6.45, 7) is 3.75. The van der Waals surface area contributed by atoms with E-state index in [0.717, 1.165) is 34.3 Å². The molecule has 3 aromatic rings. The van der Waals surface area contributed by atoms with Gasteiger partial charge in [-0.25, -0.2) is 0 Å². The van der Waals surface area contributed by atoms with E-state index < -0.39 is 0 Å². The molecule has 134 valence electrons. The molecule has 0 radical (unpaired) electrons. The zero-order valence-corrected chi connectivity index (χ0v) is 15.5. The van der Waals surface area contributed by atoms with Gasteiger partial charge in [-0.3, -0.25) is 0 Å². The SMILES string of the molecule is Cc1ccc(NCc2ccc(OCCOc3ccccc3)cc2)cc1Cl. The van der Waals surface area contributed by atoms with Crippen molar-refractivity contribution in [1.29, 1.82) is 0 Å². The molecule has 0 aromatic heterocycles. The predicted octanol–water partition coefficient (Wildman–Crippen LogP) is 5.72. The van der Waals surface area contributed by atoms with E-state index in [1.807, 2.05) is 67.6 Å². The lowest BCUT2D eigenvalue weighted by Gasteiger charge is -2.10. The van der Waals surface area contributed by atoms with Crippen molar-refractivity contribution in [3.63, 3.8) is 0 Å². The molecule has 0 saturated carbocycles. The van der Waals surface area contributed by atoms with Crippen molar-refractivity contribution in [1.82, 2.24) is 0 Å². The van der Waals surface area contributed by atoms with Gasteiger partial charge in [0, 0.05) is 17.3 Å². The van der Waals surface area contributed by atoms with Crippen molar-refractivity contribution in [2.24, 2.45) is 0 Å². The number of anilines is 1.